The molecule has 0 aromatic heterocycles. The second-order valence-electron chi connectivity index (χ2n) is 2.70. The van der Waals surface area contributed by atoms with Gasteiger partial charge in [0.05, 0.1) is 0 Å². The fraction of sp³-hybridized carbons (Fsp3) is 0. The molecule has 0 unspecified atom stereocenters. The number of rotatable bonds is 2. The van der Waals surface area contributed by atoms with Crippen molar-refractivity contribution in [1.29, 1.82) is 0 Å². The molecule has 1 N–H and O–H groups in total. The second kappa shape index (κ2) is 3.76. The Kier molecular flexibility index (Phi) is 2.28. The molecule has 1 nitrogen and oxygen atoms in total. The highest BCUT2D eigenvalue weighted by Crippen LogP contribution is 2.14. The zero-order valence-electron chi connectivity index (χ0n) is 7.12. The van der Waals surface area contributed by atoms with Gasteiger partial charge in [-0.1, -0.05) is 24.3 Å². The molecule has 0 bridgehead atoms. The van der Waals surface area contributed by atoms with Crippen LogP contribution < -0.4 is 5.32 Å². The number of hydrogen-bond acceptors (Lipinski definition) is 1. The van der Waals surface area contributed by atoms with Gasteiger partial charge in [0.2, 0.25) is 0 Å². The first-order valence-corrected chi connectivity index (χ1v) is 4.14. The van der Waals surface area contributed by atoms with Gasteiger partial charge >= 0.3 is 0 Å². The van der Waals surface area contributed by atoms with Crippen LogP contribution in [0.25, 0.3) is 0 Å². The summed E-state index contributed by atoms with van der Waals surface area (Å²) in [7, 11) is 0. The van der Waals surface area contributed by atoms with Crippen molar-refractivity contribution < 1.29 is 0 Å². The molecule has 0 saturated heterocycles. The topological polar surface area (TPSA) is 12.0 Å². The maximum Gasteiger partial charge on any atom is 0.0384 e. The van der Waals surface area contributed by atoms with Crippen molar-refractivity contribution in [3.05, 3.63) is 60.7 Å². The standard InChI is InChI=1S/C12H9N/c1-3-7-11(8-4-1)13-12-9-5-2-6-10-12/h3-10,13H. The van der Waals surface area contributed by atoms with Crippen LogP contribution in [0.3, 0.4) is 0 Å². The van der Waals surface area contributed by atoms with Crippen LogP contribution >= 0.6 is 0 Å². The lowest BCUT2D eigenvalue weighted by Crippen LogP contribution is -1.88. The Bertz CT molecular complexity index is 316. The average molecular weight is 167 g/mol. The van der Waals surface area contributed by atoms with Gasteiger partial charge in [-0.3, -0.25) is 0 Å². The summed E-state index contributed by atoms with van der Waals surface area (Å²) in [6, 6.07) is 21.4. The van der Waals surface area contributed by atoms with Crippen molar-refractivity contribution in [3.63, 3.8) is 0 Å². The van der Waals surface area contributed by atoms with Gasteiger partial charge in [0.15, 0.2) is 0 Å². The third kappa shape index (κ3) is 2.09. The third-order valence-electron chi connectivity index (χ3n) is 1.73. The predicted octanol–water partition coefficient (Wildman–Crippen LogP) is 3.03. The van der Waals surface area contributed by atoms with Gasteiger partial charge < -0.3 is 5.32 Å². The van der Waals surface area contributed by atoms with Crippen molar-refractivity contribution in [2.24, 2.45) is 0 Å². The van der Waals surface area contributed by atoms with Gasteiger partial charge in [-0.15, -0.1) is 0 Å². The molecular weight excluding hydrogens is 158 g/mol. The summed E-state index contributed by atoms with van der Waals surface area (Å²) in [5, 5.41) is 3.26. The van der Waals surface area contributed by atoms with Crippen LogP contribution in [0.1, 0.15) is 0 Å². The van der Waals surface area contributed by atoms with E-state index in [0.29, 0.717) is 0 Å². The van der Waals surface area contributed by atoms with Gasteiger partial charge in [0, 0.05) is 11.4 Å². The molecule has 0 aliphatic heterocycles. The minimum atomic E-state index is 1.07. The van der Waals surface area contributed by atoms with Crippen LogP contribution in [-0.2, 0) is 0 Å². The molecule has 2 radical (unpaired) electrons. The van der Waals surface area contributed by atoms with Crippen molar-refractivity contribution in [3.8, 4) is 0 Å². The van der Waals surface area contributed by atoms with E-state index in [9.17, 15) is 0 Å². The van der Waals surface area contributed by atoms with Crippen LogP contribution in [0.15, 0.2) is 48.5 Å². The van der Waals surface area contributed by atoms with Crippen LogP contribution in [0, 0.1) is 12.1 Å². The molecule has 0 atom stereocenters. The Morgan fingerprint density at radius 2 is 1.08 bits per heavy atom. The summed E-state index contributed by atoms with van der Waals surface area (Å²) >= 11 is 0. The number of nitrogens with one attached hydrogen (secondary N) is 1. The molecule has 0 heterocycles. The summed E-state index contributed by atoms with van der Waals surface area (Å²) in [5.41, 5.74) is 2.15. The Balaban J connectivity index is 2.16. The fourth-order valence-corrected chi connectivity index (χ4v) is 1.11. The smallest absolute Gasteiger partial charge is 0.0384 e. The van der Waals surface area contributed by atoms with E-state index in [1.807, 2.05) is 48.5 Å². The van der Waals surface area contributed by atoms with E-state index in [4.69, 9.17) is 0 Å². The number of hydrogen-bond donors (Lipinski definition) is 1. The molecular formula is C12H9N. The van der Waals surface area contributed by atoms with Crippen LogP contribution in [0.4, 0.5) is 11.4 Å². The Morgan fingerprint density at radius 1 is 0.692 bits per heavy atom. The summed E-state index contributed by atoms with van der Waals surface area (Å²) < 4.78 is 0. The first-order valence-electron chi connectivity index (χ1n) is 4.14. The van der Waals surface area contributed by atoms with Crippen molar-refractivity contribution in [2.45, 2.75) is 0 Å². The first kappa shape index (κ1) is 7.87. The molecule has 0 spiro atoms. The van der Waals surface area contributed by atoms with Crippen molar-refractivity contribution >= 4 is 11.4 Å². The largest absolute Gasteiger partial charge is 0.356 e. The maximum atomic E-state index is 3.26. The van der Waals surface area contributed by atoms with E-state index in [1.165, 1.54) is 0 Å². The first-order chi connectivity index (χ1) is 6.45. The lowest BCUT2D eigenvalue weighted by molar-refractivity contribution is 1.54. The normalized spacial score (nSPS) is 9.54. The van der Waals surface area contributed by atoms with Gasteiger partial charge in [0.1, 0.15) is 0 Å². The van der Waals surface area contributed by atoms with Gasteiger partial charge in [-0.05, 0) is 36.4 Å². The van der Waals surface area contributed by atoms with Gasteiger partial charge in [-0.2, -0.15) is 0 Å². The molecule has 2 aromatic carbocycles. The van der Waals surface area contributed by atoms with Crippen LogP contribution in [0.2, 0.25) is 0 Å². The van der Waals surface area contributed by atoms with Crippen molar-refractivity contribution in [1.82, 2.24) is 0 Å². The fourth-order valence-electron chi connectivity index (χ4n) is 1.11. The molecule has 0 fully saturated rings. The molecule has 62 valence electrons. The molecule has 0 amide bonds. The molecule has 0 aliphatic carbocycles. The highest BCUT2D eigenvalue weighted by Gasteiger charge is 1.90. The van der Waals surface area contributed by atoms with E-state index in [-0.39, 0.29) is 0 Å². The van der Waals surface area contributed by atoms with Gasteiger partial charge in [0.25, 0.3) is 0 Å². The Morgan fingerprint density at radius 3 is 1.46 bits per heavy atom. The van der Waals surface area contributed by atoms with Crippen LogP contribution in [0.5, 0.6) is 0 Å². The maximum absolute atomic E-state index is 3.26. The number of benzene rings is 2. The Hall–Kier alpha value is -1.76. The summed E-state index contributed by atoms with van der Waals surface area (Å²) in [6.07, 6.45) is 0. The highest BCUT2D eigenvalue weighted by molar-refractivity contribution is 5.58. The quantitative estimate of drug-likeness (QED) is 0.724. The van der Waals surface area contributed by atoms with E-state index in [2.05, 4.69) is 17.4 Å². The molecule has 0 aliphatic rings. The second-order valence-corrected chi connectivity index (χ2v) is 2.70. The summed E-state index contributed by atoms with van der Waals surface area (Å²) in [4.78, 5) is 0. The summed E-state index contributed by atoms with van der Waals surface area (Å²) in [6.45, 7) is 0. The SMILES string of the molecule is [c]1ccc(Nc2cc[c]cc2)cc1. The van der Waals surface area contributed by atoms with E-state index in [1.54, 1.807) is 0 Å². The lowest BCUT2D eigenvalue weighted by atomic mass is 10.3. The zero-order valence-corrected chi connectivity index (χ0v) is 7.12. The molecule has 0 saturated carbocycles. The zero-order chi connectivity index (χ0) is 8.93. The molecule has 2 aromatic rings. The lowest BCUT2D eigenvalue weighted by Gasteiger charge is -2.04. The third-order valence-corrected chi connectivity index (χ3v) is 1.73. The van der Waals surface area contributed by atoms with Gasteiger partial charge in [-0.25, -0.2) is 0 Å². The molecule has 2 rings (SSSR count). The van der Waals surface area contributed by atoms with E-state index in [0.717, 1.165) is 11.4 Å². The minimum Gasteiger partial charge on any atom is -0.356 e. The van der Waals surface area contributed by atoms with E-state index >= 15 is 0 Å². The highest BCUT2D eigenvalue weighted by atomic mass is 14.9. The van der Waals surface area contributed by atoms with Crippen molar-refractivity contribution in [2.75, 3.05) is 5.32 Å². The van der Waals surface area contributed by atoms with E-state index < -0.39 is 0 Å². The number of anilines is 2. The Labute approximate surface area is 78.0 Å². The molecule has 13 heavy (non-hydrogen) atoms. The predicted molar refractivity (Wildman–Crippen MR) is 53.8 cm³/mol. The molecule has 1 heteroatoms. The average Bonchev–Trinajstić information content (AvgIpc) is 2.21. The van der Waals surface area contributed by atoms with Crippen LogP contribution in [-0.4, -0.2) is 0 Å². The monoisotopic (exact) mass is 167 g/mol. The minimum absolute atomic E-state index is 1.07. The summed E-state index contributed by atoms with van der Waals surface area (Å²) in [5.74, 6) is 0.